The van der Waals surface area contributed by atoms with Crippen LogP contribution in [-0.2, 0) is 4.79 Å². The second-order valence-electron chi connectivity index (χ2n) is 7.08. The first-order valence-electron chi connectivity index (χ1n) is 8.39. The number of nitrogens with one attached hydrogen (secondary N) is 1. The average Bonchev–Trinajstić information content (AvgIpc) is 2.94. The predicted molar refractivity (Wildman–Crippen MR) is 95.0 cm³/mol. The summed E-state index contributed by atoms with van der Waals surface area (Å²) in [6, 6.07) is 1.15. The molecule has 0 spiro atoms. The zero-order valence-corrected chi connectivity index (χ0v) is 15.4. The van der Waals surface area contributed by atoms with Gasteiger partial charge in [-0.1, -0.05) is 0 Å². The Morgan fingerprint density at radius 2 is 1.45 bits per heavy atom. The molecule has 0 bridgehead atoms. The monoisotopic (exact) mass is 351 g/mol. The van der Waals surface area contributed by atoms with Crippen LogP contribution in [0.3, 0.4) is 0 Å². The van der Waals surface area contributed by atoms with Crippen LogP contribution >= 0.6 is 24.8 Å². The van der Waals surface area contributed by atoms with E-state index in [1.54, 1.807) is 0 Å². The Morgan fingerprint density at radius 3 is 1.95 bits per heavy atom. The number of halogens is 2. The maximum Gasteiger partial charge on any atom is 0.236 e. The number of fused-ring (bicyclic) bond motifs is 1. The average molecular weight is 352 g/mol. The fraction of sp³-hybridized carbons (Fsp3) is 0.938. The van der Waals surface area contributed by atoms with Gasteiger partial charge in [-0.3, -0.25) is 9.69 Å². The van der Waals surface area contributed by atoms with Gasteiger partial charge in [0.15, 0.2) is 0 Å². The first-order valence-corrected chi connectivity index (χ1v) is 8.39. The largest absolute Gasteiger partial charge is 0.342 e. The van der Waals surface area contributed by atoms with Gasteiger partial charge in [0.05, 0.1) is 6.54 Å². The van der Waals surface area contributed by atoms with E-state index in [-0.39, 0.29) is 24.8 Å². The van der Waals surface area contributed by atoms with Gasteiger partial charge in [-0.15, -0.1) is 24.8 Å². The normalized spacial score (nSPS) is 35.3. The van der Waals surface area contributed by atoms with E-state index in [1.165, 1.54) is 25.7 Å². The second-order valence-corrected chi connectivity index (χ2v) is 7.08. The summed E-state index contributed by atoms with van der Waals surface area (Å²) in [6.07, 6.45) is 4.86. The molecule has 0 radical (unpaired) electrons. The van der Waals surface area contributed by atoms with Crippen molar-refractivity contribution in [3.63, 3.8) is 0 Å². The van der Waals surface area contributed by atoms with Crippen LogP contribution in [0.25, 0.3) is 0 Å². The van der Waals surface area contributed by atoms with Gasteiger partial charge in [0, 0.05) is 25.2 Å². The van der Waals surface area contributed by atoms with Crippen molar-refractivity contribution < 1.29 is 4.79 Å². The van der Waals surface area contributed by atoms with Gasteiger partial charge in [-0.25, -0.2) is 0 Å². The number of hydrogen-bond donors (Lipinski definition) is 1. The third-order valence-corrected chi connectivity index (χ3v) is 5.82. The first-order chi connectivity index (χ1) is 9.65. The van der Waals surface area contributed by atoms with Gasteiger partial charge in [-0.05, 0) is 64.5 Å². The van der Waals surface area contributed by atoms with Crippen molar-refractivity contribution >= 4 is 30.7 Å². The minimum absolute atomic E-state index is 0. The lowest BCUT2D eigenvalue weighted by atomic mass is 9.92. The molecule has 3 heterocycles. The van der Waals surface area contributed by atoms with E-state index in [0.29, 0.717) is 24.5 Å². The molecular weight excluding hydrogens is 321 g/mol. The molecule has 3 aliphatic rings. The minimum Gasteiger partial charge on any atom is -0.342 e. The van der Waals surface area contributed by atoms with E-state index in [0.717, 1.165) is 38.0 Å². The molecule has 4 atom stereocenters. The van der Waals surface area contributed by atoms with Gasteiger partial charge < -0.3 is 10.2 Å². The molecule has 1 amide bonds. The summed E-state index contributed by atoms with van der Waals surface area (Å²) < 4.78 is 0. The SMILES string of the molecule is CC1CCC(C)N1CC(=O)N1CC[C@@H]2CNC[C@@H]2CC1.Cl.Cl. The van der Waals surface area contributed by atoms with Gasteiger partial charge in [-0.2, -0.15) is 0 Å². The van der Waals surface area contributed by atoms with Gasteiger partial charge in [0.25, 0.3) is 0 Å². The molecule has 22 heavy (non-hydrogen) atoms. The highest BCUT2D eigenvalue weighted by atomic mass is 35.5. The summed E-state index contributed by atoms with van der Waals surface area (Å²) in [7, 11) is 0. The number of rotatable bonds is 2. The molecular formula is C16H31Cl2N3O. The van der Waals surface area contributed by atoms with Crippen LogP contribution in [0.4, 0.5) is 0 Å². The molecule has 0 aromatic rings. The molecule has 3 aliphatic heterocycles. The zero-order valence-electron chi connectivity index (χ0n) is 13.8. The second kappa shape index (κ2) is 8.72. The quantitative estimate of drug-likeness (QED) is 0.827. The van der Waals surface area contributed by atoms with Crippen molar-refractivity contribution in [3.8, 4) is 0 Å². The highest BCUT2D eigenvalue weighted by Gasteiger charge is 2.33. The van der Waals surface area contributed by atoms with Crippen molar-refractivity contribution in [2.45, 2.75) is 51.6 Å². The molecule has 2 unspecified atom stereocenters. The fourth-order valence-corrected chi connectivity index (χ4v) is 4.28. The lowest BCUT2D eigenvalue weighted by molar-refractivity contribution is -0.133. The van der Waals surface area contributed by atoms with E-state index < -0.39 is 0 Å². The summed E-state index contributed by atoms with van der Waals surface area (Å²) >= 11 is 0. The summed E-state index contributed by atoms with van der Waals surface area (Å²) in [5.74, 6) is 1.97. The molecule has 0 aliphatic carbocycles. The van der Waals surface area contributed by atoms with Gasteiger partial charge in [0.1, 0.15) is 0 Å². The highest BCUT2D eigenvalue weighted by Crippen LogP contribution is 2.28. The molecule has 0 aromatic carbocycles. The van der Waals surface area contributed by atoms with Crippen LogP contribution in [0.2, 0.25) is 0 Å². The van der Waals surface area contributed by atoms with Crippen molar-refractivity contribution in [1.29, 1.82) is 0 Å². The number of carbonyl (C=O) groups excluding carboxylic acids is 1. The van der Waals surface area contributed by atoms with E-state index in [1.807, 2.05) is 0 Å². The van der Waals surface area contributed by atoms with Crippen LogP contribution in [0.1, 0.15) is 39.5 Å². The molecule has 3 rings (SSSR count). The third kappa shape index (κ3) is 4.28. The molecule has 130 valence electrons. The predicted octanol–water partition coefficient (Wildman–Crippen LogP) is 2.16. The smallest absolute Gasteiger partial charge is 0.236 e. The van der Waals surface area contributed by atoms with Crippen molar-refractivity contribution in [1.82, 2.24) is 15.1 Å². The molecule has 6 heteroatoms. The number of likely N-dealkylation sites (tertiary alicyclic amines) is 2. The Balaban J connectivity index is 0.00000121. The lowest BCUT2D eigenvalue weighted by Crippen LogP contribution is -2.44. The molecule has 4 nitrogen and oxygen atoms in total. The molecule has 3 saturated heterocycles. The Kier molecular flexibility index (Phi) is 7.93. The summed E-state index contributed by atoms with van der Waals surface area (Å²) in [5.41, 5.74) is 0. The van der Waals surface area contributed by atoms with Crippen LogP contribution in [0, 0.1) is 11.8 Å². The number of carbonyl (C=O) groups is 1. The first kappa shape index (κ1) is 20.0. The summed E-state index contributed by atoms with van der Waals surface area (Å²) in [5, 5.41) is 3.49. The number of nitrogens with zero attached hydrogens (tertiary/aromatic N) is 2. The Bertz CT molecular complexity index is 345. The van der Waals surface area contributed by atoms with Crippen molar-refractivity contribution in [3.05, 3.63) is 0 Å². The topological polar surface area (TPSA) is 35.6 Å². The summed E-state index contributed by atoms with van der Waals surface area (Å²) in [4.78, 5) is 17.1. The van der Waals surface area contributed by atoms with Crippen molar-refractivity contribution in [2.75, 3.05) is 32.7 Å². The maximum absolute atomic E-state index is 12.6. The molecule has 0 saturated carbocycles. The maximum atomic E-state index is 12.6. The van der Waals surface area contributed by atoms with Crippen LogP contribution < -0.4 is 5.32 Å². The standard InChI is InChI=1S/C16H29N3O.2ClH/c1-12-3-4-13(2)19(12)11-16(20)18-7-5-14-9-17-10-15(14)6-8-18;;/h12-15,17H,3-11H2,1-2H3;2*1H/t12?,13?,14-,15+;;. The van der Waals surface area contributed by atoms with Crippen LogP contribution in [0.15, 0.2) is 0 Å². The van der Waals surface area contributed by atoms with E-state index in [2.05, 4.69) is 29.0 Å². The molecule has 1 N–H and O–H groups in total. The van der Waals surface area contributed by atoms with Crippen molar-refractivity contribution in [2.24, 2.45) is 11.8 Å². The molecule has 3 fully saturated rings. The van der Waals surface area contributed by atoms with E-state index >= 15 is 0 Å². The van der Waals surface area contributed by atoms with Crippen LogP contribution in [0.5, 0.6) is 0 Å². The Labute approximate surface area is 147 Å². The number of hydrogen-bond acceptors (Lipinski definition) is 3. The minimum atomic E-state index is 0. The Hall–Kier alpha value is -0.0300. The van der Waals surface area contributed by atoms with Crippen LogP contribution in [-0.4, -0.2) is 60.5 Å². The number of amides is 1. The Morgan fingerprint density at radius 1 is 0.955 bits per heavy atom. The van der Waals surface area contributed by atoms with Gasteiger partial charge >= 0.3 is 0 Å². The zero-order chi connectivity index (χ0) is 14.1. The molecule has 0 aromatic heterocycles. The van der Waals surface area contributed by atoms with Gasteiger partial charge in [0.2, 0.25) is 5.91 Å². The summed E-state index contributed by atoms with van der Waals surface area (Å²) in [6.45, 7) is 9.41. The third-order valence-electron chi connectivity index (χ3n) is 5.82. The van der Waals surface area contributed by atoms with E-state index in [4.69, 9.17) is 0 Å². The fourth-order valence-electron chi connectivity index (χ4n) is 4.28. The highest BCUT2D eigenvalue weighted by molar-refractivity contribution is 5.85. The lowest BCUT2D eigenvalue weighted by Gasteiger charge is -2.29. The van der Waals surface area contributed by atoms with E-state index in [9.17, 15) is 4.79 Å².